The molecule has 5 heteroatoms. The van der Waals surface area contributed by atoms with Crippen LogP contribution in [0.4, 0.5) is 5.69 Å². The third-order valence-corrected chi connectivity index (χ3v) is 2.56. The van der Waals surface area contributed by atoms with Gasteiger partial charge in [-0.1, -0.05) is 13.0 Å². The van der Waals surface area contributed by atoms with E-state index in [9.17, 15) is 4.79 Å². The van der Waals surface area contributed by atoms with Gasteiger partial charge in [0.2, 0.25) is 0 Å². The summed E-state index contributed by atoms with van der Waals surface area (Å²) in [5.41, 5.74) is 6.65. The van der Waals surface area contributed by atoms with Gasteiger partial charge in [0, 0.05) is 13.7 Å². The highest BCUT2D eigenvalue weighted by atomic mass is 16.5. The number of ether oxygens (including phenoxy) is 2. The number of nitrogen functional groups attached to an aromatic ring is 1. The number of anilines is 1. The maximum atomic E-state index is 12.0. The van der Waals surface area contributed by atoms with Crippen LogP contribution in [0.25, 0.3) is 0 Å². The van der Waals surface area contributed by atoms with Gasteiger partial charge in [0.15, 0.2) is 5.75 Å². The second-order valence-electron chi connectivity index (χ2n) is 4.20. The highest BCUT2D eigenvalue weighted by Crippen LogP contribution is 2.25. The van der Waals surface area contributed by atoms with E-state index >= 15 is 0 Å². The van der Waals surface area contributed by atoms with Crippen LogP contribution in [0.1, 0.15) is 17.3 Å². The van der Waals surface area contributed by atoms with Crippen molar-refractivity contribution in [1.29, 1.82) is 0 Å². The summed E-state index contributed by atoms with van der Waals surface area (Å²) in [6.07, 6.45) is 0. The van der Waals surface area contributed by atoms with Crippen LogP contribution in [0.2, 0.25) is 0 Å². The van der Waals surface area contributed by atoms with Gasteiger partial charge >= 0.3 is 0 Å². The van der Waals surface area contributed by atoms with Crippen LogP contribution in [0.5, 0.6) is 5.75 Å². The molecule has 1 atom stereocenters. The first-order valence-electron chi connectivity index (χ1n) is 5.79. The van der Waals surface area contributed by atoms with Crippen LogP contribution in [0.15, 0.2) is 18.2 Å². The summed E-state index contributed by atoms with van der Waals surface area (Å²) >= 11 is 0. The number of para-hydroxylation sites is 1. The van der Waals surface area contributed by atoms with Gasteiger partial charge in [-0.2, -0.15) is 0 Å². The number of nitrogens with one attached hydrogen (secondary N) is 1. The zero-order valence-corrected chi connectivity index (χ0v) is 11.0. The summed E-state index contributed by atoms with van der Waals surface area (Å²) in [6.45, 7) is 3.15. The number of nitrogens with two attached hydrogens (primary N) is 1. The summed E-state index contributed by atoms with van der Waals surface area (Å²) in [5.74, 6) is 0.475. The molecular weight excluding hydrogens is 232 g/mol. The number of rotatable bonds is 6. The lowest BCUT2D eigenvalue weighted by Crippen LogP contribution is -2.30. The van der Waals surface area contributed by atoms with Crippen molar-refractivity contribution in [3.63, 3.8) is 0 Å². The van der Waals surface area contributed by atoms with E-state index in [4.69, 9.17) is 15.2 Å². The van der Waals surface area contributed by atoms with Gasteiger partial charge in [0.1, 0.15) is 0 Å². The fraction of sp³-hybridized carbons (Fsp3) is 0.462. The second kappa shape index (κ2) is 6.86. The van der Waals surface area contributed by atoms with Crippen molar-refractivity contribution in [2.75, 3.05) is 33.1 Å². The van der Waals surface area contributed by atoms with Crippen molar-refractivity contribution in [2.45, 2.75) is 6.92 Å². The minimum atomic E-state index is -0.192. The first kappa shape index (κ1) is 14.3. The Labute approximate surface area is 107 Å². The maximum absolute atomic E-state index is 12.0. The Kier molecular flexibility index (Phi) is 5.45. The fourth-order valence-corrected chi connectivity index (χ4v) is 1.67. The Morgan fingerprint density at radius 2 is 2.17 bits per heavy atom. The lowest BCUT2D eigenvalue weighted by Gasteiger charge is -2.14. The van der Waals surface area contributed by atoms with Crippen molar-refractivity contribution in [1.82, 2.24) is 5.32 Å². The van der Waals surface area contributed by atoms with E-state index in [0.717, 1.165) is 0 Å². The third-order valence-electron chi connectivity index (χ3n) is 2.56. The van der Waals surface area contributed by atoms with Gasteiger partial charge < -0.3 is 20.5 Å². The molecule has 1 amide bonds. The maximum Gasteiger partial charge on any atom is 0.255 e. The monoisotopic (exact) mass is 252 g/mol. The Morgan fingerprint density at radius 3 is 2.78 bits per heavy atom. The number of carbonyl (C=O) groups excluding carboxylic acids is 1. The Bertz CT molecular complexity index is 407. The molecule has 0 aliphatic rings. The van der Waals surface area contributed by atoms with Gasteiger partial charge in [-0.25, -0.2) is 0 Å². The topological polar surface area (TPSA) is 73.6 Å². The lowest BCUT2D eigenvalue weighted by molar-refractivity contribution is 0.0931. The molecule has 18 heavy (non-hydrogen) atoms. The van der Waals surface area contributed by atoms with Crippen molar-refractivity contribution < 1.29 is 14.3 Å². The van der Waals surface area contributed by atoms with E-state index in [2.05, 4.69) is 5.32 Å². The third kappa shape index (κ3) is 3.63. The van der Waals surface area contributed by atoms with Gasteiger partial charge in [-0.3, -0.25) is 4.79 Å². The average Bonchev–Trinajstić information content (AvgIpc) is 2.36. The summed E-state index contributed by atoms with van der Waals surface area (Å²) in [6, 6.07) is 5.11. The molecular formula is C13H20N2O3. The molecule has 100 valence electrons. The van der Waals surface area contributed by atoms with Gasteiger partial charge in [-0.05, 0) is 18.1 Å². The van der Waals surface area contributed by atoms with Crippen LogP contribution in [0, 0.1) is 5.92 Å². The normalized spacial score (nSPS) is 11.9. The molecule has 0 saturated carbocycles. The van der Waals surface area contributed by atoms with Crippen molar-refractivity contribution >= 4 is 11.6 Å². The van der Waals surface area contributed by atoms with Gasteiger partial charge in [-0.15, -0.1) is 0 Å². The minimum Gasteiger partial charge on any atom is -0.494 e. The number of carbonyl (C=O) groups is 1. The van der Waals surface area contributed by atoms with Crippen LogP contribution >= 0.6 is 0 Å². The zero-order valence-electron chi connectivity index (χ0n) is 11.0. The predicted molar refractivity (Wildman–Crippen MR) is 70.8 cm³/mol. The first-order chi connectivity index (χ1) is 8.60. The predicted octanol–water partition coefficient (Wildman–Crippen LogP) is 1.29. The number of hydrogen-bond donors (Lipinski definition) is 2. The van der Waals surface area contributed by atoms with Crippen LogP contribution < -0.4 is 15.8 Å². The molecule has 1 aromatic rings. The lowest BCUT2D eigenvalue weighted by atomic mass is 10.1. The summed E-state index contributed by atoms with van der Waals surface area (Å²) < 4.78 is 10.2. The van der Waals surface area contributed by atoms with Crippen LogP contribution in [0.3, 0.4) is 0 Å². The first-order valence-corrected chi connectivity index (χ1v) is 5.79. The summed E-state index contributed by atoms with van der Waals surface area (Å²) in [5, 5.41) is 2.83. The quantitative estimate of drug-likeness (QED) is 0.748. The standard InChI is InChI=1S/C13H20N2O3/c1-9(8-17-2)7-15-13(16)10-5-4-6-11(14)12(10)18-3/h4-6,9H,7-8,14H2,1-3H3,(H,15,16). The molecule has 1 aromatic carbocycles. The second-order valence-corrected chi connectivity index (χ2v) is 4.20. The molecule has 0 spiro atoms. The van der Waals surface area contributed by atoms with Crippen molar-refractivity contribution in [3.8, 4) is 5.75 Å². The molecule has 0 bridgehead atoms. The zero-order chi connectivity index (χ0) is 13.5. The molecule has 3 N–H and O–H groups in total. The number of benzene rings is 1. The fourth-order valence-electron chi connectivity index (χ4n) is 1.67. The molecule has 0 aliphatic heterocycles. The molecule has 0 radical (unpaired) electrons. The highest BCUT2D eigenvalue weighted by molar-refractivity contribution is 5.98. The van der Waals surface area contributed by atoms with E-state index in [1.165, 1.54) is 7.11 Å². The van der Waals surface area contributed by atoms with Gasteiger partial charge in [0.25, 0.3) is 5.91 Å². The molecule has 0 aliphatic carbocycles. The minimum absolute atomic E-state index is 0.192. The number of methoxy groups -OCH3 is 2. The van der Waals surface area contributed by atoms with Crippen molar-refractivity contribution in [2.24, 2.45) is 5.92 Å². The molecule has 1 unspecified atom stereocenters. The average molecular weight is 252 g/mol. The van der Waals surface area contributed by atoms with E-state index in [0.29, 0.717) is 30.2 Å². The van der Waals surface area contributed by atoms with E-state index < -0.39 is 0 Å². The Hall–Kier alpha value is -1.75. The van der Waals surface area contributed by atoms with Crippen molar-refractivity contribution in [3.05, 3.63) is 23.8 Å². The molecule has 0 heterocycles. The number of hydrogen-bond acceptors (Lipinski definition) is 4. The highest BCUT2D eigenvalue weighted by Gasteiger charge is 2.14. The Balaban J connectivity index is 2.70. The molecule has 0 saturated heterocycles. The SMILES string of the molecule is COCC(C)CNC(=O)c1cccc(N)c1OC. The van der Waals surface area contributed by atoms with E-state index in [1.807, 2.05) is 6.92 Å². The Morgan fingerprint density at radius 1 is 1.44 bits per heavy atom. The summed E-state index contributed by atoms with van der Waals surface area (Å²) in [4.78, 5) is 12.0. The summed E-state index contributed by atoms with van der Waals surface area (Å²) in [7, 11) is 3.13. The van der Waals surface area contributed by atoms with E-state index in [-0.39, 0.29) is 11.8 Å². The smallest absolute Gasteiger partial charge is 0.255 e. The molecule has 1 rings (SSSR count). The largest absolute Gasteiger partial charge is 0.494 e. The van der Waals surface area contributed by atoms with Gasteiger partial charge in [0.05, 0.1) is 25.0 Å². The molecule has 0 fully saturated rings. The molecule has 0 aromatic heterocycles. The van der Waals surface area contributed by atoms with E-state index in [1.54, 1.807) is 25.3 Å². The number of amides is 1. The van der Waals surface area contributed by atoms with Crippen LogP contribution in [-0.2, 0) is 4.74 Å². The molecule has 5 nitrogen and oxygen atoms in total. The van der Waals surface area contributed by atoms with Crippen LogP contribution in [-0.4, -0.2) is 33.3 Å².